The molecule has 0 bridgehead atoms. The lowest BCUT2D eigenvalue weighted by molar-refractivity contribution is -0.133. The van der Waals surface area contributed by atoms with E-state index in [1.54, 1.807) is 19.9 Å². The molecule has 24 heavy (non-hydrogen) atoms. The van der Waals surface area contributed by atoms with Crippen molar-refractivity contribution in [2.24, 2.45) is 0 Å². The molecule has 0 radical (unpaired) electrons. The summed E-state index contributed by atoms with van der Waals surface area (Å²) in [7, 11) is 0. The summed E-state index contributed by atoms with van der Waals surface area (Å²) in [5.41, 5.74) is 1.85. The summed E-state index contributed by atoms with van der Waals surface area (Å²) < 4.78 is 11.3. The molecular formula is C20H28O4. The fraction of sp³-hybridized carbons (Fsp3) is 0.650. The predicted molar refractivity (Wildman–Crippen MR) is 92.2 cm³/mol. The maximum atomic E-state index is 11.9. The predicted octanol–water partition coefficient (Wildman–Crippen LogP) is 3.95. The fourth-order valence-corrected chi connectivity index (χ4v) is 3.66. The van der Waals surface area contributed by atoms with Crippen LogP contribution in [0.25, 0.3) is 0 Å². The maximum Gasteiger partial charge on any atom is 0.339 e. The number of hydrogen-bond acceptors (Lipinski definition) is 4. The second kappa shape index (κ2) is 6.16. The highest BCUT2D eigenvalue weighted by Crippen LogP contribution is 2.44. The SMILES string of the molecule is CC1=CCCC2(C)OC2CCC(C)(O)C=C2OC(=O)C(C)=C2CC1. The molecule has 0 aromatic rings. The van der Waals surface area contributed by atoms with Crippen molar-refractivity contribution in [2.75, 3.05) is 0 Å². The number of epoxide rings is 1. The second-order valence-corrected chi connectivity index (χ2v) is 7.91. The first kappa shape index (κ1) is 17.4. The van der Waals surface area contributed by atoms with Crippen LogP contribution in [-0.2, 0) is 14.3 Å². The van der Waals surface area contributed by atoms with Gasteiger partial charge in [-0.15, -0.1) is 0 Å². The van der Waals surface area contributed by atoms with Crippen LogP contribution in [0.3, 0.4) is 0 Å². The topological polar surface area (TPSA) is 59.1 Å². The molecule has 0 spiro atoms. The van der Waals surface area contributed by atoms with Crippen LogP contribution in [-0.4, -0.2) is 28.4 Å². The summed E-state index contributed by atoms with van der Waals surface area (Å²) in [6, 6.07) is 0. The summed E-state index contributed by atoms with van der Waals surface area (Å²) in [4.78, 5) is 11.9. The van der Waals surface area contributed by atoms with Gasteiger partial charge in [0.05, 0.1) is 17.3 Å². The minimum absolute atomic E-state index is 0.0500. The summed E-state index contributed by atoms with van der Waals surface area (Å²) in [5, 5.41) is 10.7. The quantitative estimate of drug-likeness (QED) is 0.414. The average Bonchev–Trinajstić information content (AvgIpc) is 3.06. The Hall–Kier alpha value is -1.39. The molecule has 1 saturated heterocycles. The normalized spacial score (nSPS) is 37.7. The maximum absolute atomic E-state index is 11.9. The van der Waals surface area contributed by atoms with E-state index in [-0.39, 0.29) is 17.7 Å². The Labute approximate surface area is 144 Å². The molecule has 3 unspecified atom stereocenters. The molecule has 4 heteroatoms. The first-order valence-corrected chi connectivity index (χ1v) is 8.91. The van der Waals surface area contributed by atoms with Crippen molar-refractivity contribution < 1.29 is 19.4 Å². The molecular weight excluding hydrogens is 304 g/mol. The van der Waals surface area contributed by atoms with Gasteiger partial charge in [0, 0.05) is 11.1 Å². The van der Waals surface area contributed by atoms with E-state index in [9.17, 15) is 9.90 Å². The zero-order valence-corrected chi connectivity index (χ0v) is 15.1. The summed E-state index contributed by atoms with van der Waals surface area (Å²) in [6.07, 6.45) is 9.28. The number of ether oxygens (including phenoxy) is 2. The van der Waals surface area contributed by atoms with E-state index in [0.717, 1.165) is 37.7 Å². The van der Waals surface area contributed by atoms with Crippen LogP contribution in [0.5, 0.6) is 0 Å². The third kappa shape index (κ3) is 3.65. The Balaban J connectivity index is 1.87. The van der Waals surface area contributed by atoms with Gasteiger partial charge in [0.1, 0.15) is 5.76 Å². The van der Waals surface area contributed by atoms with Crippen molar-refractivity contribution in [3.05, 3.63) is 34.6 Å². The summed E-state index contributed by atoms with van der Waals surface area (Å²) >= 11 is 0. The van der Waals surface area contributed by atoms with E-state index in [2.05, 4.69) is 19.9 Å². The lowest BCUT2D eigenvalue weighted by atomic mass is 9.90. The van der Waals surface area contributed by atoms with Gasteiger partial charge in [-0.3, -0.25) is 0 Å². The molecule has 1 N–H and O–H groups in total. The number of esters is 1. The van der Waals surface area contributed by atoms with E-state index >= 15 is 0 Å². The summed E-state index contributed by atoms with van der Waals surface area (Å²) in [5.74, 6) is 0.239. The van der Waals surface area contributed by atoms with Crippen molar-refractivity contribution >= 4 is 5.97 Å². The van der Waals surface area contributed by atoms with Crippen molar-refractivity contribution in [1.82, 2.24) is 0 Å². The lowest BCUT2D eigenvalue weighted by Crippen LogP contribution is -2.23. The highest BCUT2D eigenvalue weighted by molar-refractivity contribution is 5.93. The molecule has 0 aromatic carbocycles. The van der Waals surface area contributed by atoms with Crippen LogP contribution in [0.15, 0.2) is 34.6 Å². The molecule has 3 atom stereocenters. The monoisotopic (exact) mass is 332 g/mol. The number of hydrogen-bond donors (Lipinski definition) is 1. The van der Waals surface area contributed by atoms with E-state index in [0.29, 0.717) is 17.8 Å². The van der Waals surface area contributed by atoms with Crippen LogP contribution in [0, 0.1) is 0 Å². The van der Waals surface area contributed by atoms with Crippen LogP contribution >= 0.6 is 0 Å². The zero-order valence-electron chi connectivity index (χ0n) is 15.1. The van der Waals surface area contributed by atoms with E-state index in [4.69, 9.17) is 9.47 Å². The fourth-order valence-electron chi connectivity index (χ4n) is 3.66. The van der Waals surface area contributed by atoms with Crippen LogP contribution < -0.4 is 0 Å². The molecule has 0 amide bonds. The van der Waals surface area contributed by atoms with E-state index < -0.39 is 5.60 Å². The molecule has 2 heterocycles. The number of carbonyl (C=O) groups is 1. The van der Waals surface area contributed by atoms with Crippen LogP contribution in [0.4, 0.5) is 0 Å². The van der Waals surface area contributed by atoms with Gasteiger partial charge >= 0.3 is 5.97 Å². The number of rotatable bonds is 0. The largest absolute Gasteiger partial charge is 0.423 e. The first-order valence-electron chi connectivity index (χ1n) is 8.91. The number of fused-ring (bicyclic) bond motifs is 2. The average molecular weight is 332 g/mol. The Bertz CT molecular complexity index is 638. The number of aliphatic hydroxyl groups is 1. The molecule has 3 rings (SSSR count). The van der Waals surface area contributed by atoms with Crippen molar-refractivity contribution in [2.45, 2.75) is 83.5 Å². The molecule has 1 fully saturated rings. The van der Waals surface area contributed by atoms with Crippen LogP contribution in [0.2, 0.25) is 0 Å². The smallest absolute Gasteiger partial charge is 0.339 e. The Morgan fingerprint density at radius 3 is 2.71 bits per heavy atom. The summed E-state index contributed by atoms with van der Waals surface area (Å²) in [6.45, 7) is 7.87. The van der Waals surface area contributed by atoms with Gasteiger partial charge in [-0.2, -0.15) is 0 Å². The highest BCUT2D eigenvalue weighted by Gasteiger charge is 2.51. The molecule has 0 saturated carbocycles. The van der Waals surface area contributed by atoms with Gasteiger partial charge in [0.2, 0.25) is 0 Å². The van der Waals surface area contributed by atoms with Gasteiger partial charge in [0.15, 0.2) is 0 Å². The highest BCUT2D eigenvalue weighted by atomic mass is 16.6. The molecule has 1 aliphatic carbocycles. The second-order valence-electron chi connectivity index (χ2n) is 7.91. The van der Waals surface area contributed by atoms with Gasteiger partial charge in [0.25, 0.3) is 0 Å². The third-order valence-electron chi connectivity index (χ3n) is 5.55. The van der Waals surface area contributed by atoms with Gasteiger partial charge < -0.3 is 14.6 Å². The number of allylic oxidation sites excluding steroid dienone is 3. The lowest BCUT2D eigenvalue weighted by Gasteiger charge is -2.20. The van der Waals surface area contributed by atoms with E-state index in [1.165, 1.54) is 5.57 Å². The van der Waals surface area contributed by atoms with Crippen molar-refractivity contribution in [3.8, 4) is 0 Å². The number of carbonyl (C=O) groups excluding carboxylic acids is 1. The molecule has 2 aliphatic heterocycles. The van der Waals surface area contributed by atoms with Crippen LogP contribution in [0.1, 0.15) is 66.2 Å². The van der Waals surface area contributed by atoms with Crippen molar-refractivity contribution in [1.29, 1.82) is 0 Å². The van der Waals surface area contributed by atoms with Crippen molar-refractivity contribution in [3.63, 3.8) is 0 Å². The third-order valence-corrected chi connectivity index (χ3v) is 5.55. The first-order chi connectivity index (χ1) is 11.2. The Morgan fingerprint density at radius 1 is 1.21 bits per heavy atom. The molecule has 4 nitrogen and oxygen atoms in total. The minimum atomic E-state index is -1.01. The standard InChI is InChI=1S/C20H28O4/c1-13-6-5-10-20(4)17(24-20)9-11-19(3,22)12-16-15(8-7-13)14(2)18(21)23-16/h6,12,17,22H,5,7-11H2,1-4H3. The van der Waals surface area contributed by atoms with Gasteiger partial charge in [-0.1, -0.05) is 11.6 Å². The van der Waals surface area contributed by atoms with Gasteiger partial charge in [-0.05, 0) is 72.3 Å². The molecule has 3 aliphatic rings. The van der Waals surface area contributed by atoms with E-state index in [1.807, 2.05) is 0 Å². The molecule has 132 valence electrons. The Morgan fingerprint density at radius 2 is 1.96 bits per heavy atom. The Kier molecular flexibility index (Phi) is 4.47. The molecule has 0 aromatic heterocycles. The minimum Gasteiger partial charge on any atom is -0.423 e. The zero-order chi connectivity index (χ0) is 17.5. The van der Waals surface area contributed by atoms with Gasteiger partial charge in [-0.25, -0.2) is 4.79 Å².